The van der Waals surface area contributed by atoms with Crippen molar-refractivity contribution < 1.29 is 9.31 Å². The lowest BCUT2D eigenvalue weighted by Gasteiger charge is -2.32. The summed E-state index contributed by atoms with van der Waals surface area (Å²) in [6, 6.07) is 7.65. The first-order valence-corrected chi connectivity index (χ1v) is 5.53. The Balaban J connectivity index is 2.31. The van der Waals surface area contributed by atoms with E-state index in [-0.39, 0.29) is 18.3 Å². The molecular formula is C12H16B2O2. The molecule has 16 heavy (non-hydrogen) atoms. The summed E-state index contributed by atoms with van der Waals surface area (Å²) in [5.74, 6) is 0. The predicted molar refractivity (Wildman–Crippen MR) is 67.5 cm³/mol. The highest BCUT2D eigenvalue weighted by molar-refractivity contribution is 6.67. The van der Waals surface area contributed by atoms with Crippen molar-refractivity contribution in [3.8, 4) is 0 Å². The van der Waals surface area contributed by atoms with Gasteiger partial charge in [-0.1, -0.05) is 29.7 Å². The van der Waals surface area contributed by atoms with Crippen molar-refractivity contribution in [1.82, 2.24) is 0 Å². The molecule has 0 amide bonds. The summed E-state index contributed by atoms with van der Waals surface area (Å²) < 4.78 is 11.9. The lowest BCUT2D eigenvalue weighted by molar-refractivity contribution is 0.00578. The Labute approximate surface area is 98.9 Å². The minimum atomic E-state index is -0.369. The highest BCUT2D eigenvalue weighted by Crippen LogP contribution is 2.36. The molecular weight excluding hydrogens is 198 g/mol. The number of hydrogen-bond acceptors (Lipinski definition) is 2. The van der Waals surface area contributed by atoms with E-state index in [1.165, 1.54) is 0 Å². The van der Waals surface area contributed by atoms with Gasteiger partial charge in [0.15, 0.2) is 0 Å². The first-order valence-electron chi connectivity index (χ1n) is 5.53. The number of benzene rings is 1. The van der Waals surface area contributed by atoms with Crippen LogP contribution in [0.15, 0.2) is 24.3 Å². The predicted octanol–water partition coefficient (Wildman–Crippen LogP) is 0.780. The average Bonchev–Trinajstić information content (AvgIpc) is 2.36. The van der Waals surface area contributed by atoms with Gasteiger partial charge >= 0.3 is 7.12 Å². The summed E-state index contributed by atoms with van der Waals surface area (Å²) >= 11 is 0. The molecule has 1 aliphatic heterocycles. The standard InChI is InChI=1S/C12H16B2O2/c1-11(2)12(3,4)16-14(15-11)10-8-6-5-7-9(10)13/h5-8H,1-4H3. The highest BCUT2D eigenvalue weighted by atomic mass is 16.7. The zero-order valence-corrected chi connectivity index (χ0v) is 10.3. The Morgan fingerprint density at radius 3 is 2.00 bits per heavy atom. The van der Waals surface area contributed by atoms with Crippen LogP contribution in [0.5, 0.6) is 0 Å². The molecule has 1 saturated heterocycles. The second-order valence-corrected chi connectivity index (χ2v) is 5.22. The van der Waals surface area contributed by atoms with Crippen LogP contribution < -0.4 is 10.9 Å². The van der Waals surface area contributed by atoms with Crippen molar-refractivity contribution in [1.29, 1.82) is 0 Å². The van der Waals surface area contributed by atoms with E-state index in [0.717, 1.165) is 5.46 Å². The molecule has 2 nitrogen and oxygen atoms in total. The van der Waals surface area contributed by atoms with Crippen LogP contribution >= 0.6 is 0 Å². The van der Waals surface area contributed by atoms with Gasteiger partial charge in [0.05, 0.1) is 11.2 Å². The molecule has 0 aliphatic carbocycles. The molecule has 2 rings (SSSR count). The molecule has 0 bridgehead atoms. The van der Waals surface area contributed by atoms with Crippen LogP contribution in [0.1, 0.15) is 27.7 Å². The summed E-state index contributed by atoms with van der Waals surface area (Å²) in [6.45, 7) is 8.14. The topological polar surface area (TPSA) is 18.5 Å². The molecule has 1 heterocycles. The normalized spacial score (nSPS) is 22.4. The molecule has 1 fully saturated rings. The van der Waals surface area contributed by atoms with Crippen LogP contribution in [-0.2, 0) is 9.31 Å². The molecule has 2 radical (unpaired) electrons. The van der Waals surface area contributed by atoms with Crippen LogP contribution in [0, 0.1) is 0 Å². The van der Waals surface area contributed by atoms with Crippen LogP contribution in [-0.4, -0.2) is 26.2 Å². The monoisotopic (exact) mass is 214 g/mol. The van der Waals surface area contributed by atoms with E-state index in [1.54, 1.807) is 0 Å². The molecule has 0 N–H and O–H groups in total. The van der Waals surface area contributed by atoms with Gasteiger partial charge in [-0.2, -0.15) is 0 Å². The van der Waals surface area contributed by atoms with Crippen molar-refractivity contribution in [3.63, 3.8) is 0 Å². The molecule has 0 unspecified atom stereocenters. The number of hydrogen-bond donors (Lipinski definition) is 0. The van der Waals surface area contributed by atoms with Gasteiger partial charge in [-0.05, 0) is 33.2 Å². The lowest BCUT2D eigenvalue weighted by atomic mass is 9.71. The van der Waals surface area contributed by atoms with E-state index < -0.39 is 0 Å². The van der Waals surface area contributed by atoms with E-state index in [9.17, 15) is 0 Å². The second kappa shape index (κ2) is 3.64. The molecule has 0 atom stereocenters. The zero-order chi connectivity index (χ0) is 12.0. The smallest absolute Gasteiger partial charge is 0.399 e. The molecule has 1 aromatic rings. The van der Waals surface area contributed by atoms with Crippen molar-refractivity contribution in [2.24, 2.45) is 0 Å². The van der Waals surface area contributed by atoms with Crippen LogP contribution in [0.25, 0.3) is 0 Å². The largest absolute Gasteiger partial charge is 0.494 e. The van der Waals surface area contributed by atoms with Gasteiger partial charge in [-0.15, -0.1) is 0 Å². The van der Waals surface area contributed by atoms with Gasteiger partial charge in [0.25, 0.3) is 0 Å². The Hall–Kier alpha value is -0.730. The number of rotatable bonds is 1. The zero-order valence-electron chi connectivity index (χ0n) is 10.3. The van der Waals surface area contributed by atoms with Crippen molar-refractivity contribution in [2.75, 3.05) is 0 Å². The van der Waals surface area contributed by atoms with Gasteiger partial charge in [0.1, 0.15) is 7.85 Å². The molecule has 0 aromatic heterocycles. The fraction of sp³-hybridized carbons (Fsp3) is 0.500. The average molecular weight is 214 g/mol. The van der Waals surface area contributed by atoms with Gasteiger partial charge in [0.2, 0.25) is 0 Å². The van der Waals surface area contributed by atoms with Crippen LogP contribution in [0.2, 0.25) is 0 Å². The van der Waals surface area contributed by atoms with Crippen molar-refractivity contribution in [2.45, 2.75) is 38.9 Å². The minimum Gasteiger partial charge on any atom is -0.399 e. The van der Waals surface area contributed by atoms with E-state index in [4.69, 9.17) is 17.2 Å². The third kappa shape index (κ3) is 1.80. The lowest BCUT2D eigenvalue weighted by Crippen LogP contribution is -2.43. The molecule has 82 valence electrons. The van der Waals surface area contributed by atoms with E-state index >= 15 is 0 Å². The Morgan fingerprint density at radius 1 is 1.00 bits per heavy atom. The maximum Gasteiger partial charge on any atom is 0.494 e. The van der Waals surface area contributed by atoms with Crippen LogP contribution in [0.4, 0.5) is 0 Å². The molecule has 0 saturated carbocycles. The second-order valence-electron chi connectivity index (χ2n) is 5.22. The Kier molecular flexibility index (Phi) is 2.67. The minimum absolute atomic E-state index is 0.319. The van der Waals surface area contributed by atoms with Gasteiger partial charge in [-0.3, -0.25) is 0 Å². The van der Waals surface area contributed by atoms with E-state index in [2.05, 4.69) is 0 Å². The van der Waals surface area contributed by atoms with Crippen LogP contribution in [0.3, 0.4) is 0 Å². The fourth-order valence-electron chi connectivity index (χ4n) is 1.70. The van der Waals surface area contributed by atoms with E-state index in [0.29, 0.717) is 5.46 Å². The summed E-state index contributed by atoms with van der Waals surface area (Å²) in [4.78, 5) is 0. The maximum atomic E-state index is 5.93. The summed E-state index contributed by atoms with van der Waals surface area (Å²) in [5, 5.41) is 0. The summed E-state index contributed by atoms with van der Waals surface area (Å²) in [5.41, 5.74) is 0.974. The van der Waals surface area contributed by atoms with E-state index in [1.807, 2.05) is 52.0 Å². The van der Waals surface area contributed by atoms with Gasteiger partial charge in [-0.25, -0.2) is 0 Å². The summed E-state index contributed by atoms with van der Waals surface area (Å²) in [6.07, 6.45) is 0. The first-order chi connectivity index (χ1) is 7.33. The third-order valence-corrected chi connectivity index (χ3v) is 3.50. The van der Waals surface area contributed by atoms with Gasteiger partial charge < -0.3 is 9.31 Å². The SMILES string of the molecule is [B]c1ccccc1B1OC(C)(C)C(C)(C)O1. The Bertz CT molecular complexity index is 386. The van der Waals surface area contributed by atoms with Gasteiger partial charge in [0, 0.05) is 0 Å². The maximum absolute atomic E-state index is 5.93. The first kappa shape index (κ1) is 11.7. The third-order valence-electron chi connectivity index (χ3n) is 3.50. The molecule has 0 spiro atoms. The molecule has 1 aromatic carbocycles. The fourth-order valence-corrected chi connectivity index (χ4v) is 1.70. The molecule has 1 aliphatic rings. The Morgan fingerprint density at radius 2 is 1.50 bits per heavy atom. The van der Waals surface area contributed by atoms with Crippen molar-refractivity contribution >= 4 is 25.9 Å². The summed E-state index contributed by atoms with van der Waals surface area (Å²) in [7, 11) is 5.55. The quantitative estimate of drug-likeness (QED) is 0.643. The molecule has 4 heteroatoms. The highest BCUT2D eigenvalue weighted by Gasteiger charge is 2.51. The van der Waals surface area contributed by atoms with Crippen molar-refractivity contribution in [3.05, 3.63) is 24.3 Å².